The van der Waals surface area contributed by atoms with Gasteiger partial charge in [-0.15, -0.1) is 0 Å². The first-order chi connectivity index (χ1) is 17.6. The van der Waals surface area contributed by atoms with Crippen molar-refractivity contribution in [2.24, 2.45) is 0 Å². The van der Waals surface area contributed by atoms with E-state index >= 15 is 0 Å². The summed E-state index contributed by atoms with van der Waals surface area (Å²) in [4.78, 5) is 29.5. The van der Waals surface area contributed by atoms with Crippen molar-refractivity contribution in [1.82, 2.24) is 10.2 Å². The summed E-state index contributed by atoms with van der Waals surface area (Å²) in [7, 11) is 3.09. The van der Waals surface area contributed by atoms with Gasteiger partial charge in [-0.1, -0.05) is 42.5 Å². The van der Waals surface area contributed by atoms with Gasteiger partial charge in [0.25, 0.3) is 5.91 Å². The maximum absolute atomic E-state index is 14.0. The largest absolute Gasteiger partial charge is 0.494 e. The van der Waals surface area contributed by atoms with E-state index in [1.165, 1.54) is 7.11 Å². The molecule has 0 saturated carbocycles. The van der Waals surface area contributed by atoms with E-state index < -0.39 is 12.0 Å². The van der Waals surface area contributed by atoms with Gasteiger partial charge in [-0.3, -0.25) is 9.59 Å². The minimum absolute atomic E-state index is 0.101. The predicted octanol–water partition coefficient (Wildman–Crippen LogP) is 4.26. The van der Waals surface area contributed by atoms with Gasteiger partial charge in [0, 0.05) is 24.2 Å². The van der Waals surface area contributed by atoms with E-state index in [9.17, 15) is 9.59 Å². The van der Waals surface area contributed by atoms with Crippen LogP contribution in [0.2, 0.25) is 0 Å². The van der Waals surface area contributed by atoms with E-state index in [0.717, 1.165) is 28.9 Å². The van der Waals surface area contributed by atoms with Gasteiger partial charge in [0.1, 0.15) is 5.75 Å². The van der Waals surface area contributed by atoms with E-state index in [0.29, 0.717) is 42.3 Å². The minimum Gasteiger partial charge on any atom is -0.494 e. The predicted molar refractivity (Wildman–Crippen MR) is 136 cm³/mol. The molecule has 2 heterocycles. The number of para-hydroxylation sites is 1. The lowest BCUT2D eigenvalue weighted by Gasteiger charge is -2.45. The molecule has 3 aromatic rings. The fourth-order valence-corrected chi connectivity index (χ4v) is 5.37. The molecule has 0 bridgehead atoms. The number of rotatable bonds is 7. The molecule has 2 aliphatic rings. The molecule has 1 N–H and O–H groups in total. The third kappa shape index (κ3) is 4.04. The number of benzene rings is 3. The fourth-order valence-electron chi connectivity index (χ4n) is 5.37. The van der Waals surface area contributed by atoms with Crippen LogP contribution in [-0.4, -0.2) is 44.1 Å². The van der Waals surface area contributed by atoms with Crippen LogP contribution in [0.4, 0.5) is 0 Å². The first-order valence-corrected chi connectivity index (χ1v) is 12.2. The lowest BCUT2D eigenvalue weighted by Crippen LogP contribution is -2.50. The van der Waals surface area contributed by atoms with Gasteiger partial charge < -0.3 is 24.4 Å². The Bertz CT molecular complexity index is 1300. The molecule has 0 fully saturated rings. The second-order valence-electron chi connectivity index (χ2n) is 8.92. The molecule has 2 amide bonds. The molecule has 7 heteroatoms. The molecule has 7 nitrogen and oxygen atoms in total. The Labute approximate surface area is 211 Å². The SMILES string of the molecule is CCOc1ccccc1CNC(=O)[C@@H]1c2cc(OC)c(OC)cc2C(=O)N2CCc3ccccc3[C@H]12. The van der Waals surface area contributed by atoms with Gasteiger partial charge >= 0.3 is 0 Å². The molecule has 0 unspecified atom stereocenters. The second kappa shape index (κ2) is 9.93. The van der Waals surface area contributed by atoms with Crippen molar-refractivity contribution >= 4 is 11.8 Å². The van der Waals surface area contributed by atoms with Crippen LogP contribution in [0.25, 0.3) is 0 Å². The monoisotopic (exact) mass is 486 g/mol. The highest BCUT2D eigenvalue weighted by Gasteiger charge is 2.46. The summed E-state index contributed by atoms with van der Waals surface area (Å²) < 4.78 is 16.8. The Morgan fingerprint density at radius 1 is 0.972 bits per heavy atom. The average molecular weight is 487 g/mol. The molecule has 0 spiro atoms. The highest BCUT2D eigenvalue weighted by molar-refractivity contribution is 6.02. The summed E-state index contributed by atoms with van der Waals surface area (Å²) >= 11 is 0. The van der Waals surface area contributed by atoms with E-state index in [4.69, 9.17) is 14.2 Å². The molecular formula is C29H30N2O5. The highest BCUT2D eigenvalue weighted by Crippen LogP contribution is 2.48. The van der Waals surface area contributed by atoms with Gasteiger partial charge in [0.2, 0.25) is 5.91 Å². The Balaban J connectivity index is 1.58. The molecule has 186 valence electrons. The van der Waals surface area contributed by atoms with Gasteiger partial charge in [-0.2, -0.15) is 0 Å². The first kappa shape index (κ1) is 23.7. The van der Waals surface area contributed by atoms with Crippen molar-refractivity contribution < 1.29 is 23.8 Å². The Morgan fingerprint density at radius 2 is 1.69 bits per heavy atom. The zero-order valence-corrected chi connectivity index (χ0v) is 20.7. The molecule has 0 aromatic heterocycles. The number of nitrogens with zero attached hydrogens (tertiary/aromatic N) is 1. The summed E-state index contributed by atoms with van der Waals surface area (Å²) in [6.07, 6.45) is 0.747. The van der Waals surface area contributed by atoms with Crippen LogP contribution < -0.4 is 19.5 Å². The number of ether oxygens (including phenoxy) is 3. The van der Waals surface area contributed by atoms with E-state index in [-0.39, 0.29) is 11.8 Å². The van der Waals surface area contributed by atoms with Crippen molar-refractivity contribution in [3.05, 3.63) is 88.5 Å². The van der Waals surface area contributed by atoms with Gasteiger partial charge in [-0.25, -0.2) is 0 Å². The van der Waals surface area contributed by atoms with Gasteiger partial charge in [0.05, 0.1) is 32.8 Å². The number of methoxy groups -OCH3 is 2. The number of hydrogen-bond acceptors (Lipinski definition) is 5. The Kier molecular flexibility index (Phi) is 6.55. The molecular weight excluding hydrogens is 456 g/mol. The van der Waals surface area contributed by atoms with E-state index in [1.54, 1.807) is 19.2 Å². The number of nitrogens with one attached hydrogen (secondary N) is 1. The molecule has 3 aromatic carbocycles. The van der Waals surface area contributed by atoms with Crippen molar-refractivity contribution in [3.8, 4) is 17.2 Å². The molecule has 0 aliphatic carbocycles. The maximum atomic E-state index is 14.0. The highest BCUT2D eigenvalue weighted by atomic mass is 16.5. The van der Waals surface area contributed by atoms with Crippen molar-refractivity contribution in [2.75, 3.05) is 27.4 Å². The van der Waals surface area contributed by atoms with Gasteiger partial charge in [-0.05, 0) is 48.2 Å². The number of fused-ring (bicyclic) bond motifs is 4. The van der Waals surface area contributed by atoms with Crippen LogP contribution in [0.1, 0.15) is 51.5 Å². The molecule has 36 heavy (non-hydrogen) atoms. The number of carbonyl (C=O) groups is 2. The number of carbonyl (C=O) groups excluding carboxylic acids is 2. The molecule has 2 atom stereocenters. The third-order valence-electron chi connectivity index (χ3n) is 7.04. The number of amides is 2. The summed E-state index contributed by atoms with van der Waals surface area (Å²) in [5.41, 5.74) is 4.18. The van der Waals surface area contributed by atoms with Gasteiger partial charge in [0.15, 0.2) is 11.5 Å². The Hall–Kier alpha value is -4.00. The second-order valence-corrected chi connectivity index (χ2v) is 8.92. The smallest absolute Gasteiger partial charge is 0.254 e. The summed E-state index contributed by atoms with van der Waals surface area (Å²) in [6.45, 7) is 3.34. The minimum atomic E-state index is -0.613. The van der Waals surface area contributed by atoms with Crippen LogP contribution in [-0.2, 0) is 17.8 Å². The topological polar surface area (TPSA) is 77.1 Å². The molecule has 0 radical (unpaired) electrons. The van der Waals surface area contributed by atoms with Crippen LogP contribution in [0, 0.1) is 0 Å². The fraction of sp³-hybridized carbons (Fsp3) is 0.310. The molecule has 0 saturated heterocycles. The maximum Gasteiger partial charge on any atom is 0.254 e. The van der Waals surface area contributed by atoms with E-state index in [2.05, 4.69) is 11.4 Å². The lowest BCUT2D eigenvalue weighted by molar-refractivity contribution is -0.124. The van der Waals surface area contributed by atoms with Crippen LogP contribution in [0.3, 0.4) is 0 Å². The zero-order chi connectivity index (χ0) is 25.2. The summed E-state index contributed by atoms with van der Waals surface area (Å²) in [5, 5.41) is 3.12. The quantitative estimate of drug-likeness (QED) is 0.540. The third-order valence-corrected chi connectivity index (χ3v) is 7.04. The summed E-state index contributed by atoms with van der Waals surface area (Å²) in [5.74, 6) is 0.824. The van der Waals surface area contributed by atoms with E-state index in [1.807, 2.05) is 54.3 Å². The van der Waals surface area contributed by atoms with Crippen molar-refractivity contribution in [2.45, 2.75) is 31.8 Å². The Morgan fingerprint density at radius 3 is 2.47 bits per heavy atom. The van der Waals surface area contributed by atoms with Crippen LogP contribution >= 0.6 is 0 Å². The average Bonchev–Trinajstić information content (AvgIpc) is 2.92. The number of hydrogen-bond donors (Lipinski definition) is 1. The lowest BCUT2D eigenvalue weighted by atomic mass is 9.75. The zero-order valence-electron chi connectivity index (χ0n) is 20.7. The van der Waals surface area contributed by atoms with Crippen molar-refractivity contribution in [1.29, 1.82) is 0 Å². The standard InChI is InChI=1S/C29H30N2O5/c1-4-36-23-12-8-6-10-19(23)17-30-28(32)26-21-15-24(34-2)25(35-3)16-22(21)29(33)31-14-13-18-9-5-7-11-20(18)27(26)31/h5-12,15-16,26-27H,4,13-14,17H2,1-3H3,(H,30,32)/t26-,27-/m1/s1. The molecule has 5 rings (SSSR count). The van der Waals surface area contributed by atoms with Crippen molar-refractivity contribution in [3.63, 3.8) is 0 Å². The van der Waals surface area contributed by atoms with Crippen LogP contribution in [0.15, 0.2) is 60.7 Å². The first-order valence-electron chi connectivity index (χ1n) is 12.2. The molecule has 2 aliphatic heterocycles. The van der Waals surface area contributed by atoms with Crippen LogP contribution in [0.5, 0.6) is 17.2 Å². The normalized spacial score (nSPS) is 18.0. The summed E-state index contributed by atoms with van der Waals surface area (Å²) in [6, 6.07) is 18.8.